The molecular formula is C20H20BrN3O2. The van der Waals surface area contributed by atoms with Gasteiger partial charge in [0, 0.05) is 25.4 Å². The molecule has 0 fully saturated rings. The van der Waals surface area contributed by atoms with Crippen molar-refractivity contribution in [1.82, 2.24) is 14.7 Å². The second-order valence-electron chi connectivity index (χ2n) is 6.10. The van der Waals surface area contributed by atoms with E-state index in [1.807, 2.05) is 61.7 Å². The monoisotopic (exact) mass is 413 g/mol. The van der Waals surface area contributed by atoms with Crippen molar-refractivity contribution in [3.8, 4) is 11.4 Å². The standard InChI is InChI=1S/C20H20BrN3O2/c1-15-8-9-19(18(21)10-15)26-14-20(25)23(2)12-16-11-22-24(13-16)17-6-4-3-5-7-17/h3-11,13H,12,14H2,1-2H3. The van der Waals surface area contributed by atoms with Crippen molar-refractivity contribution < 1.29 is 9.53 Å². The smallest absolute Gasteiger partial charge is 0.260 e. The Morgan fingerprint density at radius 3 is 2.73 bits per heavy atom. The van der Waals surface area contributed by atoms with Crippen molar-refractivity contribution in [2.75, 3.05) is 13.7 Å². The fourth-order valence-electron chi connectivity index (χ4n) is 2.50. The number of aromatic nitrogens is 2. The lowest BCUT2D eigenvalue weighted by molar-refractivity contribution is -0.132. The first-order valence-corrected chi connectivity index (χ1v) is 9.04. The Labute approximate surface area is 161 Å². The van der Waals surface area contributed by atoms with E-state index in [2.05, 4.69) is 21.0 Å². The van der Waals surface area contributed by atoms with E-state index in [1.165, 1.54) is 0 Å². The predicted molar refractivity (Wildman–Crippen MR) is 104 cm³/mol. The van der Waals surface area contributed by atoms with Gasteiger partial charge < -0.3 is 9.64 Å². The highest BCUT2D eigenvalue weighted by Crippen LogP contribution is 2.25. The zero-order valence-corrected chi connectivity index (χ0v) is 16.3. The first-order valence-electron chi connectivity index (χ1n) is 8.25. The van der Waals surface area contributed by atoms with Crippen LogP contribution in [-0.2, 0) is 11.3 Å². The zero-order valence-electron chi connectivity index (χ0n) is 14.7. The minimum atomic E-state index is -0.0927. The van der Waals surface area contributed by atoms with Crippen LogP contribution in [0.5, 0.6) is 5.75 Å². The zero-order chi connectivity index (χ0) is 18.5. The quantitative estimate of drug-likeness (QED) is 0.613. The van der Waals surface area contributed by atoms with Crippen LogP contribution < -0.4 is 4.74 Å². The number of para-hydroxylation sites is 1. The lowest BCUT2D eigenvalue weighted by Crippen LogP contribution is -2.30. The number of rotatable bonds is 6. The number of hydrogen-bond donors (Lipinski definition) is 0. The number of carbonyl (C=O) groups is 1. The number of likely N-dealkylation sites (N-methyl/N-ethyl adjacent to an activating group) is 1. The molecule has 6 heteroatoms. The summed E-state index contributed by atoms with van der Waals surface area (Å²) in [5.74, 6) is 0.569. The van der Waals surface area contributed by atoms with Crippen molar-refractivity contribution in [3.63, 3.8) is 0 Å². The third-order valence-corrected chi connectivity index (χ3v) is 4.56. The van der Waals surface area contributed by atoms with Gasteiger partial charge in [0.15, 0.2) is 6.61 Å². The molecule has 0 spiro atoms. The van der Waals surface area contributed by atoms with Crippen LogP contribution in [0.4, 0.5) is 0 Å². The summed E-state index contributed by atoms with van der Waals surface area (Å²) >= 11 is 3.45. The number of halogens is 1. The molecule has 0 aliphatic rings. The highest BCUT2D eigenvalue weighted by Gasteiger charge is 2.12. The molecule has 0 saturated heterocycles. The van der Waals surface area contributed by atoms with Gasteiger partial charge in [-0.25, -0.2) is 4.68 Å². The number of hydrogen-bond acceptors (Lipinski definition) is 3. The van der Waals surface area contributed by atoms with E-state index in [-0.39, 0.29) is 12.5 Å². The average molecular weight is 414 g/mol. The van der Waals surface area contributed by atoms with Crippen LogP contribution in [0.2, 0.25) is 0 Å². The molecule has 5 nitrogen and oxygen atoms in total. The summed E-state index contributed by atoms with van der Waals surface area (Å²) in [6.07, 6.45) is 3.70. The van der Waals surface area contributed by atoms with Gasteiger partial charge >= 0.3 is 0 Å². The van der Waals surface area contributed by atoms with Gasteiger partial charge in [0.25, 0.3) is 5.91 Å². The first-order chi connectivity index (χ1) is 12.5. The van der Waals surface area contributed by atoms with Gasteiger partial charge in [-0.1, -0.05) is 24.3 Å². The lowest BCUT2D eigenvalue weighted by Gasteiger charge is -2.17. The molecule has 0 unspecified atom stereocenters. The molecule has 1 heterocycles. The number of aryl methyl sites for hydroxylation is 1. The lowest BCUT2D eigenvalue weighted by atomic mass is 10.2. The van der Waals surface area contributed by atoms with Crippen molar-refractivity contribution in [2.24, 2.45) is 0 Å². The minimum Gasteiger partial charge on any atom is -0.483 e. The molecule has 3 aromatic rings. The van der Waals surface area contributed by atoms with Crippen LogP contribution in [0, 0.1) is 6.92 Å². The van der Waals surface area contributed by atoms with Gasteiger partial charge in [-0.15, -0.1) is 0 Å². The summed E-state index contributed by atoms with van der Waals surface area (Å²) in [6, 6.07) is 15.6. The van der Waals surface area contributed by atoms with E-state index in [0.717, 1.165) is 21.3 Å². The van der Waals surface area contributed by atoms with Crippen molar-refractivity contribution in [3.05, 3.63) is 76.5 Å². The molecule has 0 atom stereocenters. The maximum Gasteiger partial charge on any atom is 0.260 e. The number of amides is 1. The number of nitrogens with zero attached hydrogens (tertiary/aromatic N) is 3. The van der Waals surface area contributed by atoms with Crippen LogP contribution >= 0.6 is 15.9 Å². The maximum atomic E-state index is 12.3. The molecular weight excluding hydrogens is 394 g/mol. The summed E-state index contributed by atoms with van der Waals surface area (Å²) < 4.78 is 8.27. The average Bonchev–Trinajstić information content (AvgIpc) is 3.10. The van der Waals surface area contributed by atoms with Crippen LogP contribution in [0.25, 0.3) is 5.69 Å². The Balaban J connectivity index is 1.57. The SMILES string of the molecule is Cc1ccc(OCC(=O)N(C)Cc2cnn(-c3ccccc3)c2)c(Br)c1. The van der Waals surface area contributed by atoms with E-state index in [4.69, 9.17) is 4.74 Å². The van der Waals surface area contributed by atoms with Crippen molar-refractivity contribution in [1.29, 1.82) is 0 Å². The Morgan fingerprint density at radius 1 is 1.23 bits per heavy atom. The van der Waals surface area contributed by atoms with E-state index in [0.29, 0.717) is 12.3 Å². The topological polar surface area (TPSA) is 47.4 Å². The number of benzene rings is 2. The summed E-state index contributed by atoms with van der Waals surface area (Å²) in [4.78, 5) is 14.0. The second-order valence-corrected chi connectivity index (χ2v) is 6.96. The van der Waals surface area contributed by atoms with Gasteiger partial charge in [-0.2, -0.15) is 5.10 Å². The predicted octanol–water partition coefficient (Wildman–Crippen LogP) is 3.98. The third kappa shape index (κ3) is 4.52. The molecule has 26 heavy (non-hydrogen) atoms. The minimum absolute atomic E-state index is 0.00895. The fraction of sp³-hybridized carbons (Fsp3) is 0.200. The van der Waals surface area contributed by atoms with Crippen LogP contribution in [-0.4, -0.2) is 34.2 Å². The van der Waals surface area contributed by atoms with Crippen LogP contribution in [0.1, 0.15) is 11.1 Å². The van der Waals surface area contributed by atoms with Gasteiger partial charge in [-0.05, 0) is 52.7 Å². The van der Waals surface area contributed by atoms with Crippen LogP contribution in [0.15, 0.2) is 65.4 Å². The Morgan fingerprint density at radius 2 is 2.00 bits per heavy atom. The molecule has 134 valence electrons. The van der Waals surface area contributed by atoms with Crippen molar-refractivity contribution in [2.45, 2.75) is 13.5 Å². The summed E-state index contributed by atoms with van der Waals surface area (Å²) in [5, 5.41) is 4.35. The highest BCUT2D eigenvalue weighted by atomic mass is 79.9. The molecule has 0 aliphatic heterocycles. The van der Waals surface area contributed by atoms with Gasteiger partial charge in [0.1, 0.15) is 5.75 Å². The summed E-state index contributed by atoms with van der Waals surface area (Å²) in [5.41, 5.74) is 3.07. The Kier molecular flexibility index (Phi) is 5.73. The van der Waals surface area contributed by atoms with Crippen LogP contribution in [0.3, 0.4) is 0 Å². The number of carbonyl (C=O) groups excluding carboxylic acids is 1. The molecule has 1 amide bonds. The molecule has 1 aromatic heterocycles. The normalized spacial score (nSPS) is 10.6. The molecule has 0 N–H and O–H groups in total. The number of ether oxygens (including phenoxy) is 1. The van der Waals surface area contributed by atoms with Gasteiger partial charge in [-0.3, -0.25) is 4.79 Å². The highest BCUT2D eigenvalue weighted by molar-refractivity contribution is 9.10. The Bertz CT molecular complexity index is 893. The van der Waals surface area contributed by atoms with Gasteiger partial charge in [0.05, 0.1) is 16.4 Å². The molecule has 3 rings (SSSR count). The second kappa shape index (κ2) is 8.19. The van der Waals surface area contributed by atoms with Crippen molar-refractivity contribution >= 4 is 21.8 Å². The Hall–Kier alpha value is -2.60. The molecule has 0 saturated carbocycles. The molecule has 0 radical (unpaired) electrons. The molecule has 0 aliphatic carbocycles. The summed E-state index contributed by atoms with van der Waals surface area (Å²) in [6.45, 7) is 2.47. The molecule has 2 aromatic carbocycles. The van der Waals surface area contributed by atoms with Gasteiger partial charge in [0.2, 0.25) is 0 Å². The van der Waals surface area contributed by atoms with E-state index in [9.17, 15) is 4.79 Å². The first kappa shape index (κ1) is 18.2. The van der Waals surface area contributed by atoms with E-state index >= 15 is 0 Å². The fourth-order valence-corrected chi connectivity index (χ4v) is 3.11. The maximum absolute atomic E-state index is 12.3. The third-order valence-electron chi connectivity index (χ3n) is 3.94. The van der Waals surface area contributed by atoms with E-state index in [1.54, 1.807) is 22.8 Å². The summed E-state index contributed by atoms with van der Waals surface area (Å²) in [7, 11) is 1.76. The molecule has 0 bridgehead atoms. The van der Waals surface area contributed by atoms with E-state index < -0.39 is 0 Å². The largest absolute Gasteiger partial charge is 0.483 e.